The summed E-state index contributed by atoms with van der Waals surface area (Å²) in [4.78, 5) is 12.6. The topological polar surface area (TPSA) is 46.3 Å². The highest BCUT2D eigenvalue weighted by atomic mass is 79.9. The molecule has 0 radical (unpaired) electrons. The van der Waals surface area contributed by atoms with Gasteiger partial charge in [0.25, 0.3) is 0 Å². The molecular formula is C7H9BrN2O. The molecular weight excluding hydrogens is 208 g/mol. The van der Waals surface area contributed by atoms with E-state index in [0.29, 0.717) is 0 Å². The first-order valence-electron chi connectivity index (χ1n) is 3.19. The Bertz CT molecular complexity index is 235. The minimum Gasteiger partial charge on any atom is -0.368 e. The van der Waals surface area contributed by atoms with Crippen molar-refractivity contribution in [2.24, 2.45) is 5.73 Å². The number of halogens is 1. The molecule has 0 aromatic carbocycles. The van der Waals surface area contributed by atoms with Gasteiger partial charge >= 0.3 is 0 Å². The maximum absolute atomic E-state index is 10.8. The maximum Gasteiger partial charge on any atom is 0.244 e. The number of hydrogen-bond donors (Lipinski definition) is 1. The second kappa shape index (κ2) is 3.09. The van der Waals surface area contributed by atoms with Crippen molar-refractivity contribution < 1.29 is 4.79 Å². The van der Waals surface area contributed by atoms with Crippen LogP contribution < -0.4 is 5.73 Å². The number of rotatable bonds is 1. The lowest BCUT2D eigenvalue weighted by Gasteiger charge is -2.26. The van der Waals surface area contributed by atoms with E-state index < -0.39 is 0 Å². The molecule has 1 aliphatic heterocycles. The molecule has 4 heteroatoms. The van der Waals surface area contributed by atoms with Gasteiger partial charge in [-0.1, -0.05) is 12.2 Å². The zero-order chi connectivity index (χ0) is 8.43. The fourth-order valence-corrected chi connectivity index (χ4v) is 1.28. The summed E-state index contributed by atoms with van der Waals surface area (Å²) < 4.78 is 0.865. The van der Waals surface area contributed by atoms with Gasteiger partial charge < -0.3 is 10.6 Å². The highest BCUT2D eigenvalue weighted by molar-refractivity contribution is 9.11. The van der Waals surface area contributed by atoms with E-state index in [9.17, 15) is 4.79 Å². The molecule has 0 aromatic rings. The third-order valence-electron chi connectivity index (χ3n) is 1.57. The molecule has 3 nitrogen and oxygen atoms in total. The summed E-state index contributed by atoms with van der Waals surface area (Å²) in [5.74, 6) is -0.339. The summed E-state index contributed by atoms with van der Waals surface area (Å²) in [5, 5.41) is 0. The van der Waals surface area contributed by atoms with Crippen molar-refractivity contribution in [1.29, 1.82) is 0 Å². The molecule has 1 aliphatic rings. The summed E-state index contributed by atoms with van der Waals surface area (Å²) in [7, 11) is 1.81. The minimum atomic E-state index is -0.339. The molecule has 0 fully saturated rings. The lowest BCUT2D eigenvalue weighted by molar-refractivity contribution is -0.120. The van der Waals surface area contributed by atoms with Gasteiger partial charge in [-0.05, 0) is 22.0 Å². The van der Waals surface area contributed by atoms with E-state index in [1.54, 1.807) is 24.1 Å². The summed E-state index contributed by atoms with van der Waals surface area (Å²) in [6.45, 7) is 0. The van der Waals surface area contributed by atoms with E-state index in [0.717, 1.165) is 4.61 Å². The Morgan fingerprint density at radius 2 is 2.45 bits per heavy atom. The summed E-state index contributed by atoms with van der Waals surface area (Å²) >= 11 is 3.29. The number of nitrogens with zero attached hydrogens (tertiary/aromatic N) is 1. The zero-order valence-corrected chi connectivity index (χ0v) is 7.71. The molecule has 1 unspecified atom stereocenters. The van der Waals surface area contributed by atoms with Crippen molar-refractivity contribution >= 4 is 21.8 Å². The van der Waals surface area contributed by atoms with Gasteiger partial charge in [-0.2, -0.15) is 0 Å². The first kappa shape index (κ1) is 8.33. The normalized spacial score (nSPS) is 23.3. The lowest BCUT2D eigenvalue weighted by Crippen LogP contribution is -2.40. The average molecular weight is 217 g/mol. The molecule has 0 aromatic heterocycles. The Balaban J connectivity index is 2.81. The van der Waals surface area contributed by atoms with Crippen LogP contribution in [-0.2, 0) is 4.79 Å². The van der Waals surface area contributed by atoms with E-state index in [-0.39, 0.29) is 11.9 Å². The summed E-state index contributed by atoms with van der Waals surface area (Å²) in [6.07, 6.45) is 5.42. The van der Waals surface area contributed by atoms with Gasteiger partial charge in [0.15, 0.2) is 0 Å². The molecule has 2 N–H and O–H groups in total. The predicted molar refractivity (Wildman–Crippen MR) is 46.9 cm³/mol. The largest absolute Gasteiger partial charge is 0.368 e. The van der Waals surface area contributed by atoms with Gasteiger partial charge in [-0.15, -0.1) is 0 Å². The van der Waals surface area contributed by atoms with E-state index in [2.05, 4.69) is 15.9 Å². The minimum absolute atomic E-state index is 0.325. The van der Waals surface area contributed by atoms with Crippen molar-refractivity contribution in [1.82, 2.24) is 4.90 Å². The Morgan fingerprint density at radius 1 is 1.82 bits per heavy atom. The van der Waals surface area contributed by atoms with Crippen LogP contribution in [0.1, 0.15) is 0 Å². The van der Waals surface area contributed by atoms with Crippen molar-refractivity contribution in [2.75, 3.05) is 7.05 Å². The third-order valence-corrected chi connectivity index (χ3v) is 2.40. The van der Waals surface area contributed by atoms with Crippen LogP contribution in [0.3, 0.4) is 0 Å². The van der Waals surface area contributed by atoms with Crippen LogP contribution in [0.2, 0.25) is 0 Å². The Kier molecular flexibility index (Phi) is 2.34. The van der Waals surface area contributed by atoms with Crippen molar-refractivity contribution in [2.45, 2.75) is 6.04 Å². The number of amides is 1. The molecule has 11 heavy (non-hydrogen) atoms. The smallest absolute Gasteiger partial charge is 0.244 e. The fraction of sp³-hybridized carbons (Fsp3) is 0.286. The van der Waals surface area contributed by atoms with Crippen LogP contribution >= 0.6 is 15.9 Å². The van der Waals surface area contributed by atoms with E-state index >= 15 is 0 Å². The number of carbonyl (C=O) groups excluding carboxylic acids is 1. The number of nitrogens with two attached hydrogens (primary N) is 1. The Morgan fingerprint density at radius 3 is 2.91 bits per heavy atom. The molecule has 1 rings (SSSR count). The second-order valence-corrected chi connectivity index (χ2v) is 3.14. The quantitative estimate of drug-likeness (QED) is 0.653. The van der Waals surface area contributed by atoms with Crippen molar-refractivity contribution in [3.63, 3.8) is 0 Å². The van der Waals surface area contributed by atoms with Gasteiger partial charge in [0.1, 0.15) is 6.04 Å². The lowest BCUT2D eigenvalue weighted by atomic mass is 10.2. The number of hydrogen-bond acceptors (Lipinski definition) is 2. The Hall–Kier alpha value is -0.770. The molecule has 0 bridgehead atoms. The molecule has 1 atom stereocenters. The highest BCUT2D eigenvalue weighted by Gasteiger charge is 2.19. The fourth-order valence-electron chi connectivity index (χ4n) is 0.905. The molecule has 0 saturated carbocycles. The molecule has 60 valence electrons. The van der Waals surface area contributed by atoms with Crippen LogP contribution in [0.4, 0.5) is 0 Å². The first-order chi connectivity index (χ1) is 5.13. The van der Waals surface area contributed by atoms with E-state index in [1.165, 1.54) is 0 Å². The molecule has 0 saturated heterocycles. The van der Waals surface area contributed by atoms with E-state index in [1.807, 2.05) is 6.08 Å². The van der Waals surface area contributed by atoms with Gasteiger partial charge in [0, 0.05) is 7.05 Å². The van der Waals surface area contributed by atoms with Gasteiger partial charge in [-0.25, -0.2) is 0 Å². The van der Waals surface area contributed by atoms with Crippen LogP contribution in [0.5, 0.6) is 0 Å². The SMILES string of the molecule is CN1C(Br)=CC=CC1C(N)=O. The summed E-state index contributed by atoms with van der Waals surface area (Å²) in [6, 6.07) is -0.325. The number of carbonyl (C=O) groups is 1. The van der Waals surface area contributed by atoms with Crippen LogP contribution in [0.25, 0.3) is 0 Å². The van der Waals surface area contributed by atoms with Crippen molar-refractivity contribution in [3.05, 3.63) is 22.8 Å². The molecule has 1 heterocycles. The molecule has 0 aliphatic carbocycles. The predicted octanol–water partition coefficient (Wildman–Crippen LogP) is 0.578. The highest BCUT2D eigenvalue weighted by Crippen LogP contribution is 2.18. The van der Waals surface area contributed by atoms with Crippen LogP contribution in [0.15, 0.2) is 22.8 Å². The van der Waals surface area contributed by atoms with E-state index in [4.69, 9.17) is 5.73 Å². The number of primary amides is 1. The van der Waals surface area contributed by atoms with Gasteiger partial charge in [-0.3, -0.25) is 4.79 Å². The first-order valence-corrected chi connectivity index (χ1v) is 3.98. The zero-order valence-electron chi connectivity index (χ0n) is 6.12. The number of likely N-dealkylation sites (N-methyl/N-ethyl adjacent to an activating group) is 1. The maximum atomic E-state index is 10.8. The van der Waals surface area contributed by atoms with Gasteiger partial charge in [0.05, 0.1) is 4.61 Å². The standard InChI is InChI=1S/C7H9BrN2O/c1-10-5(7(9)11)3-2-4-6(10)8/h2-5H,1H3,(H2,9,11). The molecule has 0 spiro atoms. The number of allylic oxidation sites excluding steroid dienone is 2. The monoisotopic (exact) mass is 216 g/mol. The second-order valence-electron chi connectivity index (χ2n) is 2.33. The van der Waals surface area contributed by atoms with Gasteiger partial charge in [0.2, 0.25) is 5.91 Å². The average Bonchev–Trinajstić information content (AvgIpc) is 1.94. The summed E-state index contributed by atoms with van der Waals surface area (Å²) in [5.41, 5.74) is 5.14. The van der Waals surface area contributed by atoms with Crippen molar-refractivity contribution in [3.8, 4) is 0 Å². The third kappa shape index (κ3) is 1.63. The van der Waals surface area contributed by atoms with Crippen LogP contribution in [0, 0.1) is 0 Å². The molecule has 1 amide bonds. The van der Waals surface area contributed by atoms with Crippen LogP contribution in [-0.4, -0.2) is 23.9 Å². The Labute approximate surface area is 73.7 Å².